The summed E-state index contributed by atoms with van der Waals surface area (Å²) in [5.41, 5.74) is 1.02. The van der Waals surface area contributed by atoms with Crippen LogP contribution in [0.5, 0.6) is 0 Å². The van der Waals surface area contributed by atoms with Gasteiger partial charge in [-0.3, -0.25) is 14.5 Å². The molecule has 0 radical (unpaired) electrons. The smallest absolute Gasteiger partial charge is 0.257 e. The number of carbonyl (C=O) groups is 1. The van der Waals surface area contributed by atoms with Gasteiger partial charge >= 0.3 is 0 Å². The third-order valence-electron chi connectivity index (χ3n) is 2.72. The number of thioether (sulfide) groups is 1. The van der Waals surface area contributed by atoms with E-state index in [0.29, 0.717) is 5.75 Å². The third kappa shape index (κ3) is 3.70. The van der Waals surface area contributed by atoms with Gasteiger partial charge in [-0.25, -0.2) is 4.21 Å². The van der Waals surface area contributed by atoms with E-state index in [-0.39, 0.29) is 5.91 Å². The Hall–Kier alpha value is -1.14. The molecule has 4 nitrogen and oxygen atoms in total. The van der Waals surface area contributed by atoms with E-state index in [0.717, 1.165) is 10.6 Å². The highest BCUT2D eigenvalue weighted by Gasteiger charge is 2.29. The summed E-state index contributed by atoms with van der Waals surface area (Å²) in [6.07, 6.45) is 0. The standard InChI is InChI=1S/C14H18N2O2S2/c1-14(2,3)20(18)16-12(17)11-9-19-13(15-11)10-7-5-4-6-8-10/h4-8,11H,9H2,1-3H3,(H,16,17)/t11-,20-/m1/s1. The van der Waals surface area contributed by atoms with Crippen molar-refractivity contribution in [1.29, 1.82) is 0 Å². The van der Waals surface area contributed by atoms with Gasteiger partial charge in [-0.1, -0.05) is 30.3 Å². The Morgan fingerprint density at radius 2 is 2.00 bits per heavy atom. The number of aliphatic imine (C=N–C) groups is 1. The quantitative estimate of drug-likeness (QED) is 0.930. The number of amides is 1. The molecule has 1 aliphatic rings. The lowest BCUT2D eigenvalue weighted by Gasteiger charge is -2.18. The van der Waals surface area contributed by atoms with Crippen LogP contribution in [-0.2, 0) is 15.8 Å². The van der Waals surface area contributed by atoms with Crippen molar-refractivity contribution >= 4 is 33.7 Å². The maximum atomic E-state index is 12.1. The molecule has 20 heavy (non-hydrogen) atoms. The van der Waals surface area contributed by atoms with Crippen LogP contribution in [0.3, 0.4) is 0 Å². The highest BCUT2D eigenvalue weighted by atomic mass is 32.2. The minimum Gasteiger partial charge on any atom is -0.273 e. The van der Waals surface area contributed by atoms with E-state index < -0.39 is 21.8 Å². The highest BCUT2D eigenvalue weighted by molar-refractivity contribution is 8.14. The lowest BCUT2D eigenvalue weighted by molar-refractivity contribution is -0.119. The van der Waals surface area contributed by atoms with Crippen LogP contribution in [0.4, 0.5) is 0 Å². The molecule has 0 spiro atoms. The van der Waals surface area contributed by atoms with Gasteiger partial charge < -0.3 is 0 Å². The summed E-state index contributed by atoms with van der Waals surface area (Å²) in [6, 6.07) is 9.32. The Morgan fingerprint density at radius 3 is 2.60 bits per heavy atom. The zero-order chi connectivity index (χ0) is 14.8. The Balaban J connectivity index is 2.04. The first-order chi connectivity index (χ1) is 9.38. The molecule has 0 bridgehead atoms. The number of hydrogen-bond donors (Lipinski definition) is 1. The number of benzene rings is 1. The molecule has 0 saturated heterocycles. The van der Waals surface area contributed by atoms with Gasteiger partial charge in [0, 0.05) is 11.3 Å². The molecule has 1 heterocycles. The van der Waals surface area contributed by atoms with Gasteiger partial charge in [-0.15, -0.1) is 11.8 Å². The SMILES string of the molecule is CC(C)(C)[S@@](=O)NC(=O)[C@H]1CSC(c2ccccc2)=N1. The number of hydrogen-bond acceptors (Lipinski definition) is 4. The van der Waals surface area contributed by atoms with Gasteiger partial charge in [0.05, 0.1) is 9.79 Å². The lowest BCUT2D eigenvalue weighted by atomic mass is 10.2. The first-order valence-electron chi connectivity index (χ1n) is 6.36. The van der Waals surface area contributed by atoms with Crippen molar-refractivity contribution in [3.8, 4) is 0 Å². The van der Waals surface area contributed by atoms with Crippen LogP contribution in [0.1, 0.15) is 26.3 Å². The molecule has 0 aromatic heterocycles. The monoisotopic (exact) mass is 310 g/mol. The summed E-state index contributed by atoms with van der Waals surface area (Å²) in [4.78, 5) is 16.5. The van der Waals surface area contributed by atoms with Gasteiger partial charge in [0.25, 0.3) is 5.91 Å². The molecule has 2 atom stereocenters. The van der Waals surface area contributed by atoms with Crippen LogP contribution < -0.4 is 4.72 Å². The number of carbonyl (C=O) groups excluding carboxylic acids is 1. The molecular weight excluding hydrogens is 292 g/mol. The summed E-state index contributed by atoms with van der Waals surface area (Å²) in [7, 11) is -1.40. The third-order valence-corrected chi connectivity index (χ3v) is 5.32. The van der Waals surface area contributed by atoms with E-state index in [2.05, 4.69) is 9.71 Å². The van der Waals surface area contributed by atoms with E-state index in [1.54, 1.807) is 11.8 Å². The largest absolute Gasteiger partial charge is 0.273 e. The van der Waals surface area contributed by atoms with Crippen molar-refractivity contribution in [2.24, 2.45) is 4.99 Å². The van der Waals surface area contributed by atoms with Crippen LogP contribution in [0.15, 0.2) is 35.3 Å². The van der Waals surface area contributed by atoms with Crippen molar-refractivity contribution in [3.05, 3.63) is 35.9 Å². The summed E-state index contributed by atoms with van der Waals surface area (Å²) in [5.74, 6) is 0.328. The predicted molar refractivity (Wildman–Crippen MR) is 85.3 cm³/mol. The Bertz CT molecular complexity index is 550. The fraction of sp³-hybridized carbons (Fsp3) is 0.429. The molecule has 2 rings (SSSR count). The molecule has 1 aromatic rings. The van der Waals surface area contributed by atoms with E-state index in [4.69, 9.17) is 0 Å². The molecule has 6 heteroatoms. The second-order valence-electron chi connectivity index (χ2n) is 5.47. The lowest BCUT2D eigenvalue weighted by Crippen LogP contribution is -2.41. The van der Waals surface area contributed by atoms with Crippen LogP contribution in [0.25, 0.3) is 0 Å². The second kappa shape index (κ2) is 6.10. The summed E-state index contributed by atoms with van der Waals surface area (Å²) < 4.78 is 14.0. The second-order valence-corrected chi connectivity index (χ2v) is 8.45. The van der Waals surface area contributed by atoms with Crippen LogP contribution in [0, 0.1) is 0 Å². The average Bonchev–Trinajstić information content (AvgIpc) is 2.88. The van der Waals surface area contributed by atoms with Gasteiger partial charge in [0.1, 0.15) is 17.0 Å². The van der Waals surface area contributed by atoms with Crippen LogP contribution in [-0.4, -0.2) is 31.7 Å². The van der Waals surface area contributed by atoms with Gasteiger partial charge in [-0.2, -0.15) is 0 Å². The van der Waals surface area contributed by atoms with Gasteiger partial charge in [-0.05, 0) is 20.8 Å². The summed E-state index contributed by atoms with van der Waals surface area (Å²) in [5, 5.41) is 0.868. The molecule has 0 unspecified atom stereocenters. The molecule has 0 fully saturated rings. The molecule has 108 valence electrons. The van der Waals surface area contributed by atoms with Crippen molar-refractivity contribution in [2.45, 2.75) is 31.6 Å². The molecule has 1 N–H and O–H groups in total. The van der Waals surface area contributed by atoms with Crippen molar-refractivity contribution < 1.29 is 9.00 Å². The minimum atomic E-state index is -1.40. The number of nitrogens with one attached hydrogen (secondary N) is 1. The van der Waals surface area contributed by atoms with Crippen molar-refractivity contribution in [3.63, 3.8) is 0 Å². The molecule has 0 saturated carbocycles. The predicted octanol–water partition coefficient (Wildman–Crippen LogP) is 2.13. The van der Waals surface area contributed by atoms with Crippen LogP contribution >= 0.6 is 11.8 Å². The van der Waals surface area contributed by atoms with E-state index >= 15 is 0 Å². The molecule has 1 aliphatic heterocycles. The average molecular weight is 310 g/mol. The fourth-order valence-corrected chi connectivity index (χ4v) is 3.23. The van der Waals surface area contributed by atoms with Crippen LogP contribution in [0.2, 0.25) is 0 Å². The van der Waals surface area contributed by atoms with Crippen molar-refractivity contribution in [2.75, 3.05) is 5.75 Å². The maximum Gasteiger partial charge on any atom is 0.257 e. The Morgan fingerprint density at radius 1 is 1.35 bits per heavy atom. The number of nitrogens with zero attached hydrogens (tertiary/aromatic N) is 1. The minimum absolute atomic E-state index is 0.267. The fourth-order valence-electron chi connectivity index (χ4n) is 1.56. The Labute approximate surface area is 126 Å². The first-order valence-corrected chi connectivity index (χ1v) is 8.50. The van der Waals surface area contributed by atoms with E-state index in [1.807, 2.05) is 51.1 Å². The summed E-state index contributed by atoms with van der Waals surface area (Å²) in [6.45, 7) is 5.47. The maximum absolute atomic E-state index is 12.1. The number of rotatable bonds is 3. The summed E-state index contributed by atoms with van der Waals surface area (Å²) >= 11 is 1.56. The highest BCUT2D eigenvalue weighted by Crippen LogP contribution is 2.23. The molecule has 1 amide bonds. The topological polar surface area (TPSA) is 58.5 Å². The van der Waals surface area contributed by atoms with E-state index in [9.17, 15) is 9.00 Å². The molecular formula is C14H18N2O2S2. The van der Waals surface area contributed by atoms with Gasteiger partial charge in [0.2, 0.25) is 0 Å². The Kier molecular flexibility index (Phi) is 4.65. The first kappa shape index (κ1) is 15.3. The zero-order valence-corrected chi connectivity index (χ0v) is 13.4. The van der Waals surface area contributed by atoms with Crippen molar-refractivity contribution in [1.82, 2.24) is 4.72 Å². The molecule has 1 aromatic carbocycles. The zero-order valence-electron chi connectivity index (χ0n) is 11.8. The normalized spacial score (nSPS) is 20.4. The van der Waals surface area contributed by atoms with Gasteiger partial charge in [0.15, 0.2) is 0 Å². The molecule has 0 aliphatic carbocycles. The van der Waals surface area contributed by atoms with E-state index in [1.165, 1.54) is 0 Å².